The van der Waals surface area contributed by atoms with E-state index in [1.807, 2.05) is 13.8 Å². The zero-order valence-corrected chi connectivity index (χ0v) is 11.8. The zero-order chi connectivity index (χ0) is 13.5. The van der Waals surface area contributed by atoms with Gasteiger partial charge < -0.3 is 10.1 Å². The third-order valence-electron chi connectivity index (χ3n) is 2.53. The molecule has 0 aliphatic carbocycles. The molecule has 0 spiro atoms. The molecule has 1 amide bonds. The minimum absolute atomic E-state index is 0.128. The standard InChI is InChI=1S/C13H19ClN2O2/c1-4-11-5-10(6-12(14)16-11)13(17)15-7-9(2)8-18-3/h5-6,9H,4,7-8H2,1-3H3,(H,15,17). The third-order valence-corrected chi connectivity index (χ3v) is 2.73. The van der Waals surface area contributed by atoms with Crippen LogP contribution in [0.4, 0.5) is 0 Å². The van der Waals surface area contributed by atoms with Gasteiger partial charge >= 0.3 is 0 Å². The summed E-state index contributed by atoms with van der Waals surface area (Å²) in [4.78, 5) is 16.1. The normalized spacial score (nSPS) is 12.2. The number of rotatable bonds is 6. The molecule has 1 aromatic heterocycles. The van der Waals surface area contributed by atoms with Crippen molar-refractivity contribution in [2.45, 2.75) is 20.3 Å². The molecule has 1 aromatic rings. The first-order chi connectivity index (χ1) is 8.56. The molecule has 0 aliphatic heterocycles. The van der Waals surface area contributed by atoms with Gasteiger partial charge in [-0.1, -0.05) is 25.4 Å². The van der Waals surface area contributed by atoms with Crippen molar-refractivity contribution in [1.29, 1.82) is 0 Å². The Kier molecular flexibility index (Phi) is 6.09. The van der Waals surface area contributed by atoms with E-state index in [0.29, 0.717) is 23.9 Å². The zero-order valence-electron chi connectivity index (χ0n) is 11.0. The van der Waals surface area contributed by atoms with Crippen molar-refractivity contribution in [2.75, 3.05) is 20.3 Å². The SMILES string of the molecule is CCc1cc(C(=O)NCC(C)COC)cc(Cl)n1. The summed E-state index contributed by atoms with van der Waals surface area (Å²) >= 11 is 5.87. The Hall–Kier alpha value is -1.13. The van der Waals surface area contributed by atoms with Gasteiger partial charge in [0, 0.05) is 24.9 Å². The smallest absolute Gasteiger partial charge is 0.251 e. The van der Waals surface area contributed by atoms with Crippen LogP contribution in [0.25, 0.3) is 0 Å². The number of hydrogen-bond acceptors (Lipinski definition) is 3. The van der Waals surface area contributed by atoms with E-state index >= 15 is 0 Å². The first-order valence-corrected chi connectivity index (χ1v) is 6.38. The Morgan fingerprint density at radius 2 is 2.28 bits per heavy atom. The number of ether oxygens (including phenoxy) is 1. The van der Waals surface area contributed by atoms with E-state index in [1.54, 1.807) is 19.2 Å². The van der Waals surface area contributed by atoms with Crippen LogP contribution in [0.1, 0.15) is 29.9 Å². The lowest BCUT2D eigenvalue weighted by molar-refractivity contribution is 0.0934. The maximum Gasteiger partial charge on any atom is 0.251 e. The molecule has 0 saturated heterocycles. The largest absolute Gasteiger partial charge is 0.384 e. The van der Waals surface area contributed by atoms with Crippen molar-refractivity contribution in [3.05, 3.63) is 28.5 Å². The van der Waals surface area contributed by atoms with Crippen LogP contribution >= 0.6 is 11.6 Å². The van der Waals surface area contributed by atoms with Crippen LogP contribution in [-0.2, 0) is 11.2 Å². The highest BCUT2D eigenvalue weighted by molar-refractivity contribution is 6.29. The molecule has 0 aliphatic rings. The first kappa shape index (κ1) is 14.9. The van der Waals surface area contributed by atoms with Crippen LogP contribution in [0.5, 0.6) is 0 Å². The second kappa shape index (κ2) is 7.34. The Morgan fingerprint density at radius 1 is 1.56 bits per heavy atom. The summed E-state index contributed by atoms with van der Waals surface area (Å²) in [6, 6.07) is 3.35. The van der Waals surface area contributed by atoms with Gasteiger partial charge in [-0.05, 0) is 24.5 Å². The number of nitrogens with zero attached hydrogens (tertiary/aromatic N) is 1. The number of carbonyl (C=O) groups is 1. The number of hydrogen-bond donors (Lipinski definition) is 1. The Morgan fingerprint density at radius 3 is 2.89 bits per heavy atom. The van der Waals surface area contributed by atoms with Crippen molar-refractivity contribution in [3.8, 4) is 0 Å². The molecule has 0 radical (unpaired) electrons. The minimum Gasteiger partial charge on any atom is -0.384 e. The number of aromatic nitrogens is 1. The van der Waals surface area contributed by atoms with Crippen LogP contribution in [-0.4, -0.2) is 31.2 Å². The van der Waals surface area contributed by atoms with Crippen LogP contribution in [0.3, 0.4) is 0 Å². The molecule has 0 fully saturated rings. The average molecular weight is 271 g/mol. The lowest BCUT2D eigenvalue weighted by atomic mass is 10.1. The summed E-state index contributed by atoms with van der Waals surface area (Å²) in [7, 11) is 1.65. The van der Waals surface area contributed by atoms with Crippen LogP contribution < -0.4 is 5.32 Å². The molecule has 4 nitrogen and oxygen atoms in total. The number of amides is 1. The number of methoxy groups -OCH3 is 1. The predicted octanol–water partition coefficient (Wildman–Crippen LogP) is 2.31. The highest BCUT2D eigenvalue weighted by atomic mass is 35.5. The van der Waals surface area contributed by atoms with Crippen LogP contribution in [0, 0.1) is 5.92 Å². The molecule has 5 heteroatoms. The maximum absolute atomic E-state index is 11.9. The summed E-state index contributed by atoms with van der Waals surface area (Å²) in [6.07, 6.45) is 0.751. The molecule has 1 atom stereocenters. The second-order valence-corrected chi connectivity index (χ2v) is 4.68. The predicted molar refractivity (Wildman–Crippen MR) is 72.0 cm³/mol. The molecule has 0 bridgehead atoms. The molecule has 1 rings (SSSR count). The summed E-state index contributed by atoms with van der Waals surface area (Å²) in [6.45, 7) is 5.19. The molecule has 18 heavy (non-hydrogen) atoms. The highest BCUT2D eigenvalue weighted by Gasteiger charge is 2.10. The van der Waals surface area contributed by atoms with Crippen molar-refractivity contribution < 1.29 is 9.53 Å². The van der Waals surface area contributed by atoms with Gasteiger partial charge in [-0.2, -0.15) is 0 Å². The Labute approximate surface area is 113 Å². The van der Waals surface area contributed by atoms with Gasteiger partial charge in [0.05, 0.1) is 6.61 Å². The van der Waals surface area contributed by atoms with Crippen molar-refractivity contribution in [3.63, 3.8) is 0 Å². The van der Waals surface area contributed by atoms with Crippen molar-refractivity contribution in [1.82, 2.24) is 10.3 Å². The minimum atomic E-state index is -0.128. The van der Waals surface area contributed by atoms with E-state index in [0.717, 1.165) is 12.1 Å². The molecule has 1 N–H and O–H groups in total. The number of pyridine rings is 1. The van der Waals surface area contributed by atoms with Gasteiger partial charge in [-0.3, -0.25) is 4.79 Å². The van der Waals surface area contributed by atoms with E-state index in [1.165, 1.54) is 0 Å². The summed E-state index contributed by atoms with van der Waals surface area (Å²) in [5.74, 6) is 0.152. The lowest BCUT2D eigenvalue weighted by Crippen LogP contribution is -2.30. The first-order valence-electron chi connectivity index (χ1n) is 6.00. The second-order valence-electron chi connectivity index (χ2n) is 4.29. The van der Waals surface area contributed by atoms with Gasteiger partial charge in [0.1, 0.15) is 5.15 Å². The van der Waals surface area contributed by atoms with E-state index in [-0.39, 0.29) is 11.8 Å². The molecular formula is C13H19ClN2O2. The van der Waals surface area contributed by atoms with Crippen molar-refractivity contribution >= 4 is 17.5 Å². The molecule has 0 saturated carbocycles. The van der Waals surface area contributed by atoms with E-state index in [4.69, 9.17) is 16.3 Å². The van der Waals surface area contributed by atoms with E-state index < -0.39 is 0 Å². The number of nitrogens with one attached hydrogen (secondary N) is 1. The third kappa shape index (κ3) is 4.63. The quantitative estimate of drug-likeness (QED) is 0.807. The molecular weight excluding hydrogens is 252 g/mol. The fraction of sp³-hybridized carbons (Fsp3) is 0.538. The monoisotopic (exact) mass is 270 g/mol. The molecule has 1 heterocycles. The lowest BCUT2D eigenvalue weighted by Gasteiger charge is -2.12. The highest BCUT2D eigenvalue weighted by Crippen LogP contribution is 2.11. The maximum atomic E-state index is 11.9. The van der Waals surface area contributed by atoms with Gasteiger partial charge in [0.25, 0.3) is 5.91 Å². The number of carbonyl (C=O) groups excluding carboxylic acids is 1. The van der Waals surface area contributed by atoms with E-state index in [2.05, 4.69) is 10.3 Å². The fourth-order valence-corrected chi connectivity index (χ4v) is 1.80. The molecule has 0 aromatic carbocycles. The Bertz CT molecular complexity index is 410. The molecule has 100 valence electrons. The van der Waals surface area contributed by atoms with Crippen molar-refractivity contribution in [2.24, 2.45) is 5.92 Å². The van der Waals surface area contributed by atoms with Crippen LogP contribution in [0.2, 0.25) is 5.15 Å². The van der Waals surface area contributed by atoms with E-state index in [9.17, 15) is 4.79 Å². The van der Waals surface area contributed by atoms with Gasteiger partial charge in [0.15, 0.2) is 0 Å². The van der Waals surface area contributed by atoms with Gasteiger partial charge in [0.2, 0.25) is 0 Å². The summed E-state index contributed by atoms with van der Waals surface area (Å²) in [5, 5.41) is 3.21. The number of aryl methyl sites for hydroxylation is 1. The fourth-order valence-electron chi connectivity index (χ4n) is 1.58. The van der Waals surface area contributed by atoms with Gasteiger partial charge in [-0.25, -0.2) is 4.98 Å². The molecule has 1 unspecified atom stereocenters. The average Bonchev–Trinajstić information content (AvgIpc) is 2.35. The number of halogens is 1. The Balaban J connectivity index is 2.63. The summed E-state index contributed by atoms with van der Waals surface area (Å²) in [5.41, 5.74) is 1.37. The van der Waals surface area contributed by atoms with Crippen LogP contribution in [0.15, 0.2) is 12.1 Å². The summed E-state index contributed by atoms with van der Waals surface area (Å²) < 4.78 is 5.01. The topological polar surface area (TPSA) is 51.2 Å². The van der Waals surface area contributed by atoms with Gasteiger partial charge in [-0.15, -0.1) is 0 Å².